The SMILES string of the molecule is CC(C)n1ncc(N2CCCC2)c(-c2ccsc2)c1=O. The zero-order valence-electron chi connectivity index (χ0n) is 11.9. The van der Waals surface area contributed by atoms with Crippen molar-refractivity contribution in [3.63, 3.8) is 0 Å². The Bertz CT molecular complexity index is 640. The fraction of sp³-hybridized carbons (Fsp3) is 0.467. The molecule has 0 aromatic carbocycles. The molecule has 3 rings (SSSR count). The lowest BCUT2D eigenvalue weighted by atomic mass is 10.1. The van der Waals surface area contributed by atoms with Crippen molar-refractivity contribution < 1.29 is 0 Å². The van der Waals surface area contributed by atoms with E-state index in [0.717, 1.165) is 29.9 Å². The van der Waals surface area contributed by atoms with E-state index in [2.05, 4.69) is 10.00 Å². The lowest BCUT2D eigenvalue weighted by Crippen LogP contribution is -2.29. The summed E-state index contributed by atoms with van der Waals surface area (Å²) in [5, 5.41) is 8.42. The Morgan fingerprint density at radius 1 is 1.30 bits per heavy atom. The molecule has 0 radical (unpaired) electrons. The highest BCUT2D eigenvalue weighted by atomic mass is 32.1. The largest absolute Gasteiger partial charge is 0.370 e. The molecule has 0 N–H and O–H groups in total. The van der Waals surface area contributed by atoms with Gasteiger partial charge < -0.3 is 4.90 Å². The number of nitrogens with zero attached hydrogens (tertiary/aromatic N) is 3. The van der Waals surface area contributed by atoms with E-state index < -0.39 is 0 Å². The summed E-state index contributed by atoms with van der Waals surface area (Å²) in [5.41, 5.74) is 2.82. The van der Waals surface area contributed by atoms with E-state index in [1.165, 1.54) is 12.8 Å². The third kappa shape index (κ3) is 2.26. The number of hydrogen-bond donors (Lipinski definition) is 0. The molecule has 1 saturated heterocycles. The summed E-state index contributed by atoms with van der Waals surface area (Å²) in [7, 11) is 0. The summed E-state index contributed by atoms with van der Waals surface area (Å²) >= 11 is 1.62. The van der Waals surface area contributed by atoms with Crippen molar-refractivity contribution >= 4 is 17.0 Å². The molecule has 20 heavy (non-hydrogen) atoms. The number of thiophene rings is 1. The van der Waals surface area contributed by atoms with Gasteiger partial charge >= 0.3 is 0 Å². The Hall–Kier alpha value is -1.62. The standard InChI is InChI=1S/C15H19N3OS/c1-11(2)18-15(19)14(12-5-8-20-10-12)13(9-16-18)17-6-3-4-7-17/h5,8-11H,3-4,6-7H2,1-2H3. The summed E-state index contributed by atoms with van der Waals surface area (Å²) in [6.07, 6.45) is 4.24. The average Bonchev–Trinajstić information content (AvgIpc) is 3.11. The Kier molecular flexibility index (Phi) is 3.61. The number of rotatable bonds is 3. The van der Waals surface area contributed by atoms with E-state index in [-0.39, 0.29) is 11.6 Å². The summed E-state index contributed by atoms with van der Waals surface area (Å²) in [6.45, 7) is 6.01. The molecule has 3 heterocycles. The van der Waals surface area contributed by atoms with Gasteiger partial charge in [-0.2, -0.15) is 16.4 Å². The Morgan fingerprint density at radius 3 is 2.65 bits per heavy atom. The molecule has 2 aromatic heterocycles. The molecular weight excluding hydrogens is 270 g/mol. The summed E-state index contributed by atoms with van der Waals surface area (Å²) in [6, 6.07) is 2.10. The highest BCUT2D eigenvalue weighted by molar-refractivity contribution is 7.08. The fourth-order valence-corrected chi connectivity index (χ4v) is 3.35. The van der Waals surface area contributed by atoms with Gasteiger partial charge in [0.15, 0.2) is 0 Å². The quantitative estimate of drug-likeness (QED) is 0.871. The van der Waals surface area contributed by atoms with Crippen molar-refractivity contribution in [2.45, 2.75) is 32.7 Å². The first-order valence-electron chi connectivity index (χ1n) is 7.08. The lowest BCUT2D eigenvalue weighted by molar-refractivity contribution is 0.503. The maximum absolute atomic E-state index is 12.8. The molecule has 1 aliphatic rings. The minimum absolute atomic E-state index is 0.0165. The Morgan fingerprint density at radius 2 is 2.05 bits per heavy atom. The zero-order valence-corrected chi connectivity index (χ0v) is 12.7. The van der Waals surface area contributed by atoms with Gasteiger partial charge in [0.05, 0.1) is 23.5 Å². The predicted molar refractivity (Wildman–Crippen MR) is 83.6 cm³/mol. The number of anilines is 1. The van der Waals surface area contributed by atoms with Crippen molar-refractivity contribution in [1.29, 1.82) is 0 Å². The maximum atomic E-state index is 12.8. The summed E-state index contributed by atoms with van der Waals surface area (Å²) < 4.78 is 1.58. The van der Waals surface area contributed by atoms with Gasteiger partial charge in [-0.25, -0.2) is 4.68 Å². The molecule has 0 spiro atoms. The third-order valence-corrected chi connectivity index (χ3v) is 4.41. The van der Waals surface area contributed by atoms with Crippen LogP contribution in [0.2, 0.25) is 0 Å². The minimum atomic E-state index is 0.0165. The topological polar surface area (TPSA) is 38.1 Å². The lowest BCUT2D eigenvalue weighted by Gasteiger charge is -2.21. The molecule has 0 unspecified atom stereocenters. The van der Waals surface area contributed by atoms with Crippen LogP contribution in [0.1, 0.15) is 32.7 Å². The second-order valence-corrected chi connectivity index (χ2v) is 6.23. The van der Waals surface area contributed by atoms with Crippen molar-refractivity contribution in [1.82, 2.24) is 9.78 Å². The van der Waals surface area contributed by atoms with E-state index in [9.17, 15) is 4.79 Å². The normalized spacial score (nSPS) is 15.2. The van der Waals surface area contributed by atoms with Crippen LogP contribution in [0.15, 0.2) is 27.8 Å². The molecule has 4 nitrogen and oxygen atoms in total. The number of hydrogen-bond acceptors (Lipinski definition) is 4. The van der Waals surface area contributed by atoms with Crippen LogP contribution in [0.25, 0.3) is 11.1 Å². The molecular formula is C15H19N3OS. The maximum Gasteiger partial charge on any atom is 0.277 e. The van der Waals surface area contributed by atoms with E-state index in [0.29, 0.717) is 0 Å². The first-order chi connectivity index (χ1) is 9.68. The second-order valence-electron chi connectivity index (χ2n) is 5.45. The van der Waals surface area contributed by atoms with E-state index >= 15 is 0 Å². The van der Waals surface area contributed by atoms with Gasteiger partial charge in [-0.15, -0.1) is 0 Å². The molecule has 0 bridgehead atoms. The van der Waals surface area contributed by atoms with Gasteiger partial charge in [0, 0.05) is 18.7 Å². The van der Waals surface area contributed by atoms with Gasteiger partial charge in [-0.1, -0.05) is 0 Å². The van der Waals surface area contributed by atoms with Gasteiger partial charge in [0.2, 0.25) is 0 Å². The number of aromatic nitrogens is 2. The van der Waals surface area contributed by atoms with Crippen LogP contribution in [0.4, 0.5) is 5.69 Å². The smallest absolute Gasteiger partial charge is 0.277 e. The first kappa shape index (κ1) is 13.4. The van der Waals surface area contributed by atoms with Crippen LogP contribution >= 0.6 is 11.3 Å². The molecule has 0 aliphatic carbocycles. The molecule has 1 aliphatic heterocycles. The zero-order chi connectivity index (χ0) is 14.1. The van der Waals surface area contributed by atoms with E-state index in [1.54, 1.807) is 16.0 Å². The molecule has 5 heteroatoms. The molecule has 1 fully saturated rings. The van der Waals surface area contributed by atoms with Gasteiger partial charge in [0.1, 0.15) is 0 Å². The first-order valence-corrected chi connectivity index (χ1v) is 8.02. The third-order valence-electron chi connectivity index (χ3n) is 3.73. The predicted octanol–water partition coefficient (Wildman–Crippen LogP) is 3.15. The molecule has 0 amide bonds. The molecule has 0 saturated carbocycles. The van der Waals surface area contributed by atoms with Crippen molar-refractivity contribution in [3.05, 3.63) is 33.4 Å². The van der Waals surface area contributed by atoms with Gasteiger partial charge in [0.25, 0.3) is 5.56 Å². The van der Waals surface area contributed by atoms with Crippen LogP contribution in [-0.2, 0) is 0 Å². The highest BCUT2D eigenvalue weighted by Gasteiger charge is 2.21. The summed E-state index contributed by atoms with van der Waals surface area (Å²) in [4.78, 5) is 15.0. The molecule has 0 atom stereocenters. The van der Waals surface area contributed by atoms with E-state index in [4.69, 9.17) is 0 Å². The van der Waals surface area contributed by atoms with Crippen molar-refractivity contribution in [2.24, 2.45) is 0 Å². The highest BCUT2D eigenvalue weighted by Crippen LogP contribution is 2.30. The van der Waals surface area contributed by atoms with Crippen LogP contribution in [-0.4, -0.2) is 22.9 Å². The average molecular weight is 289 g/mol. The van der Waals surface area contributed by atoms with E-state index in [1.807, 2.05) is 36.9 Å². The molecule has 2 aromatic rings. The van der Waals surface area contributed by atoms with Crippen molar-refractivity contribution in [2.75, 3.05) is 18.0 Å². The Balaban J connectivity index is 2.19. The second kappa shape index (κ2) is 5.40. The van der Waals surface area contributed by atoms with Gasteiger partial charge in [-0.05, 0) is 43.5 Å². The van der Waals surface area contributed by atoms with Gasteiger partial charge in [-0.3, -0.25) is 4.79 Å². The van der Waals surface area contributed by atoms with Crippen LogP contribution in [0.5, 0.6) is 0 Å². The van der Waals surface area contributed by atoms with Crippen LogP contribution in [0, 0.1) is 0 Å². The molecule has 106 valence electrons. The monoisotopic (exact) mass is 289 g/mol. The minimum Gasteiger partial charge on any atom is -0.370 e. The fourth-order valence-electron chi connectivity index (χ4n) is 2.70. The van der Waals surface area contributed by atoms with Crippen LogP contribution < -0.4 is 10.5 Å². The summed E-state index contributed by atoms with van der Waals surface area (Å²) in [5.74, 6) is 0. The van der Waals surface area contributed by atoms with Crippen molar-refractivity contribution in [3.8, 4) is 11.1 Å². The van der Waals surface area contributed by atoms with Crippen LogP contribution in [0.3, 0.4) is 0 Å². The Labute approximate surface area is 122 Å².